The first kappa shape index (κ1) is 13.2. The van der Waals surface area contributed by atoms with Crippen LogP contribution in [0, 0.1) is 18.6 Å². The molecule has 0 aliphatic carbocycles. The molecular formula is C14H11BrF2O. The van der Waals surface area contributed by atoms with Crippen LogP contribution in [0.15, 0.2) is 40.9 Å². The van der Waals surface area contributed by atoms with Gasteiger partial charge in [-0.05, 0) is 40.5 Å². The van der Waals surface area contributed by atoms with Gasteiger partial charge in [0.1, 0.15) is 17.7 Å². The van der Waals surface area contributed by atoms with Crippen LogP contribution in [0.1, 0.15) is 22.8 Å². The molecule has 1 N–H and O–H groups in total. The van der Waals surface area contributed by atoms with Gasteiger partial charge in [0.2, 0.25) is 0 Å². The smallest absolute Gasteiger partial charge is 0.146 e. The molecule has 2 rings (SSSR count). The third-order valence-corrected chi connectivity index (χ3v) is 3.36. The van der Waals surface area contributed by atoms with Crippen molar-refractivity contribution in [3.63, 3.8) is 0 Å². The van der Waals surface area contributed by atoms with Gasteiger partial charge in [-0.1, -0.05) is 29.8 Å². The van der Waals surface area contributed by atoms with Crippen molar-refractivity contribution in [3.8, 4) is 0 Å². The Hall–Kier alpha value is -1.26. The molecule has 4 heteroatoms. The third-order valence-electron chi connectivity index (χ3n) is 2.75. The Kier molecular flexibility index (Phi) is 3.78. The standard InChI is InChI=1S/C14H11BrF2O/c1-8-2-4-9(5-3-8)14(18)12-11(16)7-6-10(15)13(12)17/h2-7,14,18H,1H3. The van der Waals surface area contributed by atoms with E-state index in [1.807, 2.05) is 6.92 Å². The van der Waals surface area contributed by atoms with Gasteiger partial charge < -0.3 is 5.11 Å². The van der Waals surface area contributed by atoms with Gasteiger partial charge in [0.25, 0.3) is 0 Å². The fourth-order valence-electron chi connectivity index (χ4n) is 1.71. The summed E-state index contributed by atoms with van der Waals surface area (Å²) >= 11 is 2.98. The molecule has 0 saturated carbocycles. The summed E-state index contributed by atoms with van der Waals surface area (Å²) < 4.78 is 27.6. The van der Waals surface area contributed by atoms with Crippen molar-refractivity contribution in [2.24, 2.45) is 0 Å². The van der Waals surface area contributed by atoms with Crippen LogP contribution in [0.3, 0.4) is 0 Å². The fourth-order valence-corrected chi connectivity index (χ4v) is 2.05. The second-order valence-corrected chi connectivity index (χ2v) is 4.92. The van der Waals surface area contributed by atoms with Crippen LogP contribution < -0.4 is 0 Å². The average molecular weight is 313 g/mol. The highest BCUT2D eigenvalue weighted by Gasteiger charge is 2.21. The van der Waals surface area contributed by atoms with E-state index in [2.05, 4.69) is 15.9 Å². The zero-order chi connectivity index (χ0) is 13.3. The molecule has 2 aromatic carbocycles. The molecule has 2 aromatic rings. The number of rotatable bonds is 2. The van der Waals surface area contributed by atoms with E-state index in [0.29, 0.717) is 5.56 Å². The molecule has 0 aliphatic rings. The van der Waals surface area contributed by atoms with Crippen molar-refractivity contribution in [3.05, 3.63) is 69.2 Å². The molecule has 1 nitrogen and oxygen atoms in total. The SMILES string of the molecule is Cc1ccc(C(O)c2c(F)ccc(Br)c2F)cc1. The van der Waals surface area contributed by atoms with E-state index in [-0.39, 0.29) is 10.0 Å². The number of hydrogen-bond acceptors (Lipinski definition) is 1. The summed E-state index contributed by atoms with van der Waals surface area (Å²) in [5, 5.41) is 10.1. The highest BCUT2D eigenvalue weighted by atomic mass is 79.9. The first-order valence-electron chi connectivity index (χ1n) is 5.38. The molecule has 0 radical (unpaired) electrons. The van der Waals surface area contributed by atoms with Gasteiger partial charge in [-0.2, -0.15) is 0 Å². The van der Waals surface area contributed by atoms with E-state index in [1.165, 1.54) is 6.07 Å². The van der Waals surface area contributed by atoms with Crippen molar-refractivity contribution < 1.29 is 13.9 Å². The second-order valence-electron chi connectivity index (χ2n) is 4.07. The minimum atomic E-state index is -1.32. The van der Waals surface area contributed by atoms with Crippen LogP contribution in [-0.2, 0) is 0 Å². The Balaban J connectivity index is 2.49. The maximum absolute atomic E-state index is 13.8. The highest BCUT2D eigenvalue weighted by Crippen LogP contribution is 2.30. The van der Waals surface area contributed by atoms with Gasteiger partial charge in [0.15, 0.2) is 0 Å². The van der Waals surface area contributed by atoms with E-state index in [4.69, 9.17) is 0 Å². The Morgan fingerprint density at radius 1 is 1.06 bits per heavy atom. The number of hydrogen-bond donors (Lipinski definition) is 1. The van der Waals surface area contributed by atoms with Crippen LogP contribution in [0.5, 0.6) is 0 Å². The predicted octanol–water partition coefficient (Wildman–Crippen LogP) is 4.12. The summed E-state index contributed by atoms with van der Waals surface area (Å²) in [5.74, 6) is -1.54. The molecule has 0 spiro atoms. The van der Waals surface area contributed by atoms with Crippen LogP contribution in [0.2, 0.25) is 0 Å². The minimum Gasteiger partial charge on any atom is -0.383 e. The van der Waals surface area contributed by atoms with Gasteiger partial charge in [-0.3, -0.25) is 0 Å². The topological polar surface area (TPSA) is 20.2 Å². The number of aliphatic hydroxyl groups is 1. The normalized spacial score (nSPS) is 12.5. The number of halogens is 3. The average Bonchev–Trinajstić information content (AvgIpc) is 2.35. The van der Waals surface area contributed by atoms with Crippen molar-refractivity contribution in [1.82, 2.24) is 0 Å². The van der Waals surface area contributed by atoms with Crippen molar-refractivity contribution >= 4 is 15.9 Å². The quantitative estimate of drug-likeness (QED) is 0.827. The fraction of sp³-hybridized carbons (Fsp3) is 0.143. The summed E-state index contributed by atoms with van der Waals surface area (Å²) in [5.41, 5.74) is 1.13. The summed E-state index contributed by atoms with van der Waals surface area (Å²) in [6, 6.07) is 9.27. The van der Waals surface area contributed by atoms with E-state index in [1.54, 1.807) is 24.3 Å². The molecule has 0 aromatic heterocycles. The van der Waals surface area contributed by atoms with Crippen LogP contribution >= 0.6 is 15.9 Å². The molecule has 18 heavy (non-hydrogen) atoms. The number of benzene rings is 2. The molecule has 0 fully saturated rings. The lowest BCUT2D eigenvalue weighted by Gasteiger charge is -2.14. The van der Waals surface area contributed by atoms with Gasteiger partial charge in [0.05, 0.1) is 10.0 Å². The molecule has 94 valence electrons. The monoisotopic (exact) mass is 312 g/mol. The predicted molar refractivity (Wildman–Crippen MR) is 69.3 cm³/mol. The Labute approximate surface area is 112 Å². The van der Waals surface area contributed by atoms with Gasteiger partial charge in [-0.15, -0.1) is 0 Å². The molecule has 0 heterocycles. The van der Waals surface area contributed by atoms with Crippen molar-refractivity contribution in [2.75, 3.05) is 0 Å². The first-order valence-corrected chi connectivity index (χ1v) is 6.18. The molecule has 1 atom stereocenters. The molecule has 0 amide bonds. The number of aryl methyl sites for hydroxylation is 1. The van der Waals surface area contributed by atoms with Crippen molar-refractivity contribution in [2.45, 2.75) is 13.0 Å². The third kappa shape index (κ3) is 2.44. The van der Waals surface area contributed by atoms with E-state index >= 15 is 0 Å². The molecule has 0 aliphatic heterocycles. The molecule has 0 saturated heterocycles. The van der Waals surface area contributed by atoms with Crippen molar-refractivity contribution in [1.29, 1.82) is 0 Å². The molecular weight excluding hydrogens is 302 g/mol. The highest BCUT2D eigenvalue weighted by molar-refractivity contribution is 9.10. The zero-order valence-electron chi connectivity index (χ0n) is 9.62. The summed E-state index contributed by atoms with van der Waals surface area (Å²) in [6.07, 6.45) is -1.32. The van der Waals surface area contributed by atoms with E-state index < -0.39 is 17.7 Å². The molecule has 1 unspecified atom stereocenters. The van der Waals surface area contributed by atoms with Crippen LogP contribution in [0.25, 0.3) is 0 Å². The van der Waals surface area contributed by atoms with E-state index in [9.17, 15) is 13.9 Å². The molecule has 0 bridgehead atoms. The Morgan fingerprint density at radius 2 is 1.67 bits per heavy atom. The van der Waals surface area contributed by atoms with E-state index in [0.717, 1.165) is 11.6 Å². The van der Waals surface area contributed by atoms with Gasteiger partial charge >= 0.3 is 0 Å². The number of aliphatic hydroxyl groups excluding tert-OH is 1. The summed E-state index contributed by atoms with van der Waals surface area (Å²) in [4.78, 5) is 0. The van der Waals surface area contributed by atoms with Crippen LogP contribution in [0.4, 0.5) is 8.78 Å². The lowest BCUT2D eigenvalue weighted by molar-refractivity contribution is 0.209. The first-order chi connectivity index (χ1) is 8.50. The Bertz CT molecular complexity index is 567. The lowest BCUT2D eigenvalue weighted by atomic mass is 9.99. The summed E-state index contributed by atoms with van der Waals surface area (Å²) in [6.45, 7) is 1.90. The van der Waals surface area contributed by atoms with Crippen LogP contribution in [-0.4, -0.2) is 5.11 Å². The second kappa shape index (κ2) is 5.16. The van der Waals surface area contributed by atoms with Gasteiger partial charge in [0, 0.05) is 0 Å². The maximum atomic E-state index is 13.8. The maximum Gasteiger partial charge on any atom is 0.146 e. The summed E-state index contributed by atoms with van der Waals surface area (Å²) in [7, 11) is 0. The Morgan fingerprint density at radius 3 is 2.28 bits per heavy atom. The minimum absolute atomic E-state index is 0.130. The zero-order valence-corrected chi connectivity index (χ0v) is 11.2. The largest absolute Gasteiger partial charge is 0.383 e. The lowest BCUT2D eigenvalue weighted by Crippen LogP contribution is -2.06. The van der Waals surface area contributed by atoms with Gasteiger partial charge in [-0.25, -0.2) is 8.78 Å².